The van der Waals surface area contributed by atoms with Crippen molar-refractivity contribution in [2.75, 3.05) is 5.75 Å². The first-order valence-corrected chi connectivity index (χ1v) is 9.00. The van der Waals surface area contributed by atoms with E-state index >= 15 is 0 Å². The molecule has 0 atom stereocenters. The van der Waals surface area contributed by atoms with Crippen LogP contribution in [0.3, 0.4) is 0 Å². The van der Waals surface area contributed by atoms with Crippen LogP contribution in [0.15, 0.2) is 41.8 Å². The van der Waals surface area contributed by atoms with Gasteiger partial charge in [0.2, 0.25) is 5.91 Å². The largest absolute Gasteiger partial charge is 0.272 e. The highest BCUT2D eigenvalue weighted by atomic mass is 32.2. The van der Waals surface area contributed by atoms with Gasteiger partial charge < -0.3 is 0 Å². The number of hydrazine groups is 1. The zero-order chi connectivity index (χ0) is 15.8. The van der Waals surface area contributed by atoms with Gasteiger partial charge in [0.05, 0.1) is 5.75 Å². The molecule has 2 N–H and O–H groups in total. The number of hydrogen-bond donors (Lipinski definition) is 2. The Balaban J connectivity index is 1.69. The standard InChI is InChI=1S/C16H18N2O2S2/c1-2-12-5-7-13(8-6-12)16(20)18-17-15(19)11-21-10-14-4-3-9-22-14/h3-9H,2,10-11H2,1H3,(H,17,19)(H,18,20). The summed E-state index contributed by atoms with van der Waals surface area (Å²) < 4.78 is 0. The lowest BCUT2D eigenvalue weighted by Crippen LogP contribution is -2.42. The number of aryl methyl sites for hydroxylation is 1. The molecule has 0 unspecified atom stereocenters. The van der Waals surface area contributed by atoms with Crippen LogP contribution >= 0.6 is 23.1 Å². The zero-order valence-electron chi connectivity index (χ0n) is 12.3. The van der Waals surface area contributed by atoms with E-state index in [4.69, 9.17) is 0 Å². The summed E-state index contributed by atoms with van der Waals surface area (Å²) in [5.74, 6) is 0.601. The van der Waals surface area contributed by atoms with E-state index in [0.29, 0.717) is 11.3 Å². The molecule has 2 rings (SSSR count). The summed E-state index contributed by atoms with van der Waals surface area (Å²) in [5, 5.41) is 2.01. The summed E-state index contributed by atoms with van der Waals surface area (Å²) in [7, 11) is 0. The molecule has 0 aliphatic carbocycles. The number of hydrogen-bond acceptors (Lipinski definition) is 4. The molecule has 0 spiro atoms. The third kappa shape index (κ3) is 5.20. The van der Waals surface area contributed by atoms with Crippen molar-refractivity contribution in [2.45, 2.75) is 19.1 Å². The second kappa shape index (κ2) is 8.60. The highest BCUT2D eigenvalue weighted by Gasteiger charge is 2.07. The molecule has 2 aromatic rings. The molecule has 22 heavy (non-hydrogen) atoms. The summed E-state index contributed by atoms with van der Waals surface area (Å²) in [5.41, 5.74) is 6.57. The van der Waals surface area contributed by atoms with E-state index in [-0.39, 0.29) is 11.8 Å². The van der Waals surface area contributed by atoms with Gasteiger partial charge >= 0.3 is 0 Å². The van der Waals surface area contributed by atoms with Crippen LogP contribution in [0.4, 0.5) is 0 Å². The number of thioether (sulfide) groups is 1. The molecule has 0 bridgehead atoms. The van der Waals surface area contributed by atoms with Gasteiger partial charge in [-0.05, 0) is 35.6 Å². The second-order valence-electron chi connectivity index (χ2n) is 4.62. The minimum Gasteiger partial charge on any atom is -0.272 e. The molecular weight excluding hydrogens is 316 g/mol. The number of thiophene rings is 1. The van der Waals surface area contributed by atoms with Gasteiger partial charge in [0, 0.05) is 16.2 Å². The second-order valence-corrected chi connectivity index (χ2v) is 6.64. The molecular formula is C16H18N2O2S2. The minimum atomic E-state index is -0.306. The van der Waals surface area contributed by atoms with Crippen molar-refractivity contribution in [2.24, 2.45) is 0 Å². The molecule has 6 heteroatoms. The maximum atomic E-state index is 11.9. The Morgan fingerprint density at radius 1 is 1.14 bits per heavy atom. The minimum absolute atomic E-state index is 0.208. The Labute approximate surface area is 138 Å². The van der Waals surface area contributed by atoms with Crippen molar-refractivity contribution in [1.82, 2.24) is 10.9 Å². The first-order valence-electron chi connectivity index (χ1n) is 6.97. The van der Waals surface area contributed by atoms with Crippen molar-refractivity contribution >= 4 is 34.9 Å². The summed E-state index contributed by atoms with van der Waals surface area (Å²) >= 11 is 3.19. The van der Waals surface area contributed by atoms with E-state index in [1.165, 1.54) is 22.2 Å². The quantitative estimate of drug-likeness (QED) is 0.799. The number of amides is 2. The summed E-state index contributed by atoms with van der Waals surface area (Å²) in [6.07, 6.45) is 0.931. The Morgan fingerprint density at radius 2 is 1.91 bits per heavy atom. The van der Waals surface area contributed by atoms with Crippen LogP contribution in [-0.2, 0) is 17.0 Å². The van der Waals surface area contributed by atoms with Crippen LogP contribution in [0.2, 0.25) is 0 Å². The van der Waals surface area contributed by atoms with Crippen LogP contribution in [0.5, 0.6) is 0 Å². The van der Waals surface area contributed by atoms with E-state index in [1.807, 2.05) is 29.6 Å². The van der Waals surface area contributed by atoms with Crippen molar-refractivity contribution in [1.29, 1.82) is 0 Å². The van der Waals surface area contributed by atoms with Gasteiger partial charge in [-0.2, -0.15) is 0 Å². The highest BCUT2D eigenvalue weighted by Crippen LogP contribution is 2.16. The topological polar surface area (TPSA) is 58.2 Å². The van der Waals surface area contributed by atoms with E-state index < -0.39 is 0 Å². The van der Waals surface area contributed by atoms with Crippen LogP contribution < -0.4 is 10.9 Å². The maximum Gasteiger partial charge on any atom is 0.269 e. The third-order valence-corrected chi connectivity index (χ3v) is 5.04. The summed E-state index contributed by atoms with van der Waals surface area (Å²) in [6.45, 7) is 2.06. The van der Waals surface area contributed by atoms with E-state index in [0.717, 1.165) is 12.2 Å². The maximum absolute atomic E-state index is 11.9. The SMILES string of the molecule is CCc1ccc(C(=O)NNC(=O)CSCc2cccs2)cc1. The number of benzene rings is 1. The van der Waals surface area contributed by atoms with Crippen molar-refractivity contribution < 1.29 is 9.59 Å². The molecule has 0 radical (unpaired) electrons. The fraction of sp³-hybridized carbons (Fsp3) is 0.250. The van der Waals surface area contributed by atoms with Crippen LogP contribution in [0.1, 0.15) is 27.7 Å². The Hall–Kier alpha value is -1.79. The lowest BCUT2D eigenvalue weighted by molar-refractivity contribution is -0.119. The van der Waals surface area contributed by atoms with Crippen molar-refractivity contribution in [3.05, 3.63) is 57.8 Å². The first-order chi connectivity index (χ1) is 10.7. The van der Waals surface area contributed by atoms with Crippen molar-refractivity contribution in [3.8, 4) is 0 Å². The summed E-state index contributed by atoms with van der Waals surface area (Å²) in [4.78, 5) is 24.8. The lowest BCUT2D eigenvalue weighted by atomic mass is 10.1. The fourth-order valence-electron chi connectivity index (χ4n) is 1.77. The normalized spacial score (nSPS) is 10.2. The van der Waals surface area contributed by atoms with Crippen LogP contribution in [0, 0.1) is 0 Å². The first kappa shape index (κ1) is 16.6. The fourth-order valence-corrected chi connectivity index (χ4v) is 3.43. The molecule has 0 saturated heterocycles. The number of rotatable bonds is 6. The van der Waals surface area contributed by atoms with E-state index in [2.05, 4.69) is 17.8 Å². The monoisotopic (exact) mass is 334 g/mol. The van der Waals surface area contributed by atoms with Gasteiger partial charge in [-0.15, -0.1) is 23.1 Å². The van der Waals surface area contributed by atoms with Gasteiger partial charge in [0.15, 0.2) is 0 Å². The number of nitrogens with one attached hydrogen (secondary N) is 2. The summed E-state index contributed by atoms with van der Waals surface area (Å²) in [6, 6.07) is 11.4. The van der Waals surface area contributed by atoms with Crippen LogP contribution in [0.25, 0.3) is 0 Å². The predicted molar refractivity (Wildman–Crippen MR) is 91.9 cm³/mol. The number of carbonyl (C=O) groups is 2. The van der Waals surface area contributed by atoms with Gasteiger partial charge in [0.1, 0.15) is 0 Å². The average molecular weight is 334 g/mol. The molecule has 0 fully saturated rings. The van der Waals surface area contributed by atoms with Crippen molar-refractivity contribution in [3.63, 3.8) is 0 Å². The molecule has 1 aromatic carbocycles. The molecule has 1 heterocycles. The third-order valence-electron chi connectivity index (χ3n) is 3.00. The number of carbonyl (C=O) groups excluding carboxylic acids is 2. The smallest absolute Gasteiger partial charge is 0.269 e. The highest BCUT2D eigenvalue weighted by molar-refractivity contribution is 7.99. The van der Waals surface area contributed by atoms with Gasteiger partial charge in [-0.3, -0.25) is 20.4 Å². The average Bonchev–Trinajstić information content (AvgIpc) is 3.06. The Kier molecular flexibility index (Phi) is 6.48. The van der Waals surface area contributed by atoms with Gasteiger partial charge in [0.25, 0.3) is 5.91 Å². The van der Waals surface area contributed by atoms with Crippen LogP contribution in [-0.4, -0.2) is 17.6 Å². The Morgan fingerprint density at radius 3 is 2.55 bits per heavy atom. The molecule has 1 aromatic heterocycles. The Bertz CT molecular complexity index is 610. The van der Waals surface area contributed by atoms with E-state index in [1.54, 1.807) is 23.5 Å². The molecule has 2 amide bonds. The zero-order valence-corrected chi connectivity index (χ0v) is 13.9. The molecule has 0 saturated carbocycles. The molecule has 0 aliphatic heterocycles. The molecule has 4 nitrogen and oxygen atoms in total. The molecule has 0 aliphatic rings. The van der Waals surface area contributed by atoms with Gasteiger partial charge in [-0.1, -0.05) is 25.1 Å². The van der Waals surface area contributed by atoms with E-state index in [9.17, 15) is 9.59 Å². The molecule has 116 valence electrons. The van der Waals surface area contributed by atoms with Gasteiger partial charge in [-0.25, -0.2) is 0 Å². The predicted octanol–water partition coefficient (Wildman–Crippen LogP) is 3.00. The lowest BCUT2D eigenvalue weighted by Gasteiger charge is -2.07.